The van der Waals surface area contributed by atoms with Crippen LogP contribution in [-0.2, 0) is 16.7 Å². The molecule has 5 nitrogen and oxygen atoms in total. The molecule has 0 amide bonds. The summed E-state index contributed by atoms with van der Waals surface area (Å²) in [6, 6.07) is 7.24. The van der Waals surface area contributed by atoms with E-state index in [1.807, 2.05) is 23.9 Å². The van der Waals surface area contributed by atoms with Gasteiger partial charge in [-0.1, -0.05) is 12.1 Å². The topological polar surface area (TPSA) is 78.4 Å². The zero-order valence-corrected chi connectivity index (χ0v) is 10.1. The quantitative estimate of drug-likeness (QED) is 0.677. The number of hydrogen-bond donors (Lipinski definition) is 3. The van der Waals surface area contributed by atoms with E-state index in [1.54, 1.807) is 12.1 Å². The lowest BCUT2D eigenvalue weighted by atomic mass is 10.1. The Balaban J connectivity index is 2.68. The lowest BCUT2D eigenvalue weighted by molar-refractivity contribution is 0.489. The van der Waals surface area contributed by atoms with E-state index in [0.717, 1.165) is 12.0 Å². The zero-order chi connectivity index (χ0) is 12.2. The zero-order valence-electron chi connectivity index (χ0n) is 9.27. The van der Waals surface area contributed by atoms with E-state index in [0.29, 0.717) is 11.7 Å². The molecule has 0 saturated heterocycles. The fourth-order valence-electron chi connectivity index (χ4n) is 1.31. The van der Waals surface area contributed by atoms with Crippen LogP contribution >= 0.6 is 0 Å². The van der Waals surface area contributed by atoms with Crippen LogP contribution in [0.3, 0.4) is 0 Å². The summed E-state index contributed by atoms with van der Waals surface area (Å²) in [6.07, 6.45) is 0.864. The van der Waals surface area contributed by atoms with Crippen molar-refractivity contribution in [2.75, 3.05) is 11.8 Å². The van der Waals surface area contributed by atoms with Gasteiger partial charge in [-0.15, -0.1) is 0 Å². The Bertz CT molecular complexity index is 428. The highest BCUT2D eigenvalue weighted by molar-refractivity contribution is 7.87. The molecule has 1 aromatic carbocycles. The van der Waals surface area contributed by atoms with E-state index in [-0.39, 0.29) is 0 Å². The Morgan fingerprint density at radius 3 is 2.31 bits per heavy atom. The van der Waals surface area contributed by atoms with Gasteiger partial charge in [-0.25, -0.2) is 0 Å². The minimum atomic E-state index is -4.18. The predicted octanol–water partition coefficient (Wildman–Crippen LogP) is 1.05. The van der Waals surface area contributed by atoms with Gasteiger partial charge in [-0.05, 0) is 38.1 Å². The summed E-state index contributed by atoms with van der Waals surface area (Å²) in [5.74, 6) is 0. The van der Waals surface area contributed by atoms with Crippen molar-refractivity contribution in [1.82, 2.24) is 5.32 Å². The van der Waals surface area contributed by atoms with Crippen molar-refractivity contribution in [2.45, 2.75) is 19.4 Å². The molecule has 1 atom stereocenters. The maximum Gasteiger partial charge on any atom is 0.357 e. The minimum Gasteiger partial charge on any atom is -0.317 e. The molecule has 3 N–H and O–H groups in total. The van der Waals surface area contributed by atoms with Crippen LogP contribution in [0.4, 0.5) is 5.69 Å². The van der Waals surface area contributed by atoms with Crippen molar-refractivity contribution < 1.29 is 13.0 Å². The van der Waals surface area contributed by atoms with Gasteiger partial charge in [0.15, 0.2) is 0 Å². The van der Waals surface area contributed by atoms with Crippen LogP contribution in [0.2, 0.25) is 0 Å². The Kier molecular flexibility index (Phi) is 4.28. The van der Waals surface area contributed by atoms with Crippen molar-refractivity contribution in [3.8, 4) is 0 Å². The second-order valence-electron chi connectivity index (χ2n) is 3.67. The molecule has 0 bridgehead atoms. The van der Waals surface area contributed by atoms with Crippen LogP contribution in [0.1, 0.15) is 12.5 Å². The standard InChI is InChI=1S/C10H16N2O3S/c1-8(11-2)7-9-3-5-10(6-4-9)12-16(13,14)15/h3-6,8,11-12H,7H2,1-2H3,(H,13,14,15)/t8-/m1/s1. The first-order valence-electron chi connectivity index (χ1n) is 4.92. The Labute approximate surface area is 95.8 Å². The molecule has 90 valence electrons. The largest absolute Gasteiger partial charge is 0.357 e. The van der Waals surface area contributed by atoms with Crippen LogP contribution in [-0.4, -0.2) is 26.1 Å². The smallest absolute Gasteiger partial charge is 0.317 e. The summed E-state index contributed by atoms with van der Waals surface area (Å²) in [7, 11) is -2.29. The molecule has 0 saturated carbocycles. The van der Waals surface area contributed by atoms with Gasteiger partial charge in [0.25, 0.3) is 0 Å². The highest BCUT2D eigenvalue weighted by Crippen LogP contribution is 2.12. The summed E-state index contributed by atoms with van der Waals surface area (Å²) >= 11 is 0. The van der Waals surface area contributed by atoms with Gasteiger partial charge in [0.05, 0.1) is 5.69 Å². The van der Waals surface area contributed by atoms with Crippen molar-refractivity contribution in [3.05, 3.63) is 29.8 Å². The number of benzene rings is 1. The molecule has 1 aromatic rings. The summed E-state index contributed by atoms with van der Waals surface area (Å²) in [5, 5.41) is 3.11. The molecule has 0 unspecified atom stereocenters. The monoisotopic (exact) mass is 244 g/mol. The fraction of sp³-hybridized carbons (Fsp3) is 0.400. The molecule has 0 spiro atoms. The van der Waals surface area contributed by atoms with Crippen LogP contribution in [0.15, 0.2) is 24.3 Å². The number of hydrogen-bond acceptors (Lipinski definition) is 3. The molecule has 6 heteroatoms. The highest BCUT2D eigenvalue weighted by Gasteiger charge is 2.04. The lowest BCUT2D eigenvalue weighted by Gasteiger charge is -2.10. The summed E-state index contributed by atoms with van der Waals surface area (Å²) < 4.78 is 31.7. The van der Waals surface area contributed by atoms with Crippen LogP contribution in [0.25, 0.3) is 0 Å². The maximum absolute atomic E-state index is 10.5. The molecule has 1 rings (SSSR count). The van der Waals surface area contributed by atoms with Crippen molar-refractivity contribution in [1.29, 1.82) is 0 Å². The normalized spacial score (nSPS) is 13.4. The number of likely N-dealkylation sites (N-methyl/N-ethyl adjacent to an activating group) is 1. The summed E-state index contributed by atoms with van der Waals surface area (Å²) in [4.78, 5) is 0. The minimum absolute atomic E-state index is 0.350. The third-order valence-electron chi connectivity index (χ3n) is 2.24. The van der Waals surface area contributed by atoms with Gasteiger partial charge in [-0.3, -0.25) is 9.27 Å². The van der Waals surface area contributed by atoms with E-state index in [2.05, 4.69) is 12.2 Å². The molecular formula is C10H16N2O3S. The van der Waals surface area contributed by atoms with Crippen LogP contribution < -0.4 is 10.0 Å². The van der Waals surface area contributed by atoms with E-state index in [9.17, 15) is 8.42 Å². The van der Waals surface area contributed by atoms with Crippen molar-refractivity contribution in [3.63, 3.8) is 0 Å². The maximum atomic E-state index is 10.5. The SMILES string of the molecule is CN[C@H](C)Cc1ccc(NS(=O)(=O)O)cc1. The average molecular weight is 244 g/mol. The molecule has 0 aliphatic carbocycles. The lowest BCUT2D eigenvalue weighted by Crippen LogP contribution is -2.23. The van der Waals surface area contributed by atoms with E-state index in [4.69, 9.17) is 4.55 Å². The van der Waals surface area contributed by atoms with Gasteiger partial charge in [0.2, 0.25) is 0 Å². The average Bonchev–Trinajstić information content (AvgIpc) is 2.18. The third-order valence-corrected chi connectivity index (χ3v) is 2.73. The number of rotatable bonds is 5. The first-order valence-corrected chi connectivity index (χ1v) is 6.36. The molecule has 0 aliphatic rings. The van der Waals surface area contributed by atoms with Gasteiger partial charge in [-0.2, -0.15) is 8.42 Å². The number of anilines is 1. The Morgan fingerprint density at radius 2 is 1.88 bits per heavy atom. The molecule has 0 aromatic heterocycles. The predicted molar refractivity (Wildman–Crippen MR) is 63.8 cm³/mol. The van der Waals surface area contributed by atoms with E-state index >= 15 is 0 Å². The summed E-state index contributed by atoms with van der Waals surface area (Å²) in [5.41, 5.74) is 1.45. The second kappa shape index (κ2) is 5.29. The molecule has 0 fully saturated rings. The van der Waals surface area contributed by atoms with Crippen LogP contribution in [0, 0.1) is 0 Å². The van der Waals surface area contributed by atoms with Crippen LogP contribution in [0.5, 0.6) is 0 Å². The fourth-order valence-corrected chi connectivity index (χ4v) is 1.75. The second-order valence-corrected chi connectivity index (χ2v) is 4.82. The molecule has 0 heterocycles. The Morgan fingerprint density at radius 1 is 1.31 bits per heavy atom. The van der Waals surface area contributed by atoms with Crippen molar-refractivity contribution >= 4 is 16.0 Å². The number of nitrogens with one attached hydrogen (secondary N) is 2. The van der Waals surface area contributed by atoms with Gasteiger partial charge >= 0.3 is 10.3 Å². The van der Waals surface area contributed by atoms with Gasteiger partial charge in [0.1, 0.15) is 0 Å². The first-order chi connectivity index (χ1) is 7.40. The highest BCUT2D eigenvalue weighted by atomic mass is 32.2. The molecule has 0 radical (unpaired) electrons. The molecular weight excluding hydrogens is 228 g/mol. The van der Waals surface area contributed by atoms with E-state index < -0.39 is 10.3 Å². The van der Waals surface area contributed by atoms with Crippen molar-refractivity contribution in [2.24, 2.45) is 0 Å². The summed E-state index contributed by atoms with van der Waals surface area (Å²) in [6.45, 7) is 2.06. The Hall–Kier alpha value is -1.11. The third kappa shape index (κ3) is 4.61. The first kappa shape index (κ1) is 13.0. The van der Waals surface area contributed by atoms with E-state index in [1.165, 1.54) is 0 Å². The van der Waals surface area contributed by atoms with Gasteiger partial charge < -0.3 is 5.32 Å². The van der Waals surface area contributed by atoms with Gasteiger partial charge in [0, 0.05) is 6.04 Å². The molecule has 16 heavy (non-hydrogen) atoms. The molecule has 0 aliphatic heterocycles.